The second-order valence-corrected chi connectivity index (χ2v) is 9.37. The van der Waals surface area contributed by atoms with Crippen molar-refractivity contribution in [1.82, 2.24) is 24.4 Å². The van der Waals surface area contributed by atoms with Gasteiger partial charge in [-0.1, -0.05) is 18.1 Å². The number of amides is 1. The van der Waals surface area contributed by atoms with Crippen LogP contribution in [0.25, 0.3) is 5.65 Å². The molecule has 4 aromatic rings. The first-order chi connectivity index (χ1) is 18.0. The number of anilines is 1. The van der Waals surface area contributed by atoms with Crippen LogP contribution in [0.5, 0.6) is 0 Å². The third-order valence-electron chi connectivity index (χ3n) is 6.70. The van der Waals surface area contributed by atoms with Crippen molar-refractivity contribution in [3.8, 4) is 11.8 Å². The lowest BCUT2D eigenvalue weighted by atomic mass is 10.0. The minimum absolute atomic E-state index is 0.283. The first-order valence-corrected chi connectivity index (χ1v) is 12.3. The zero-order valence-electron chi connectivity index (χ0n) is 21.0. The van der Waals surface area contributed by atoms with Crippen LogP contribution in [0.2, 0.25) is 0 Å². The Bertz CT molecular complexity index is 1490. The second-order valence-electron chi connectivity index (χ2n) is 9.37. The van der Waals surface area contributed by atoms with Crippen molar-refractivity contribution < 1.29 is 9.18 Å². The zero-order valence-corrected chi connectivity index (χ0v) is 21.0. The van der Waals surface area contributed by atoms with Gasteiger partial charge in [0, 0.05) is 55.7 Å². The van der Waals surface area contributed by atoms with Crippen molar-refractivity contribution in [2.45, 2.75) is 20.1 Å². The standard InChI is InChI=1S/C29H29FN6O/c1-21-5-9-26(17-22(21)8-10-27-19-31-28-4-3-11-32-36(27)28)33-29(37)23-6-7-24(25(16-23)18-30)20-35-14-12-34(2)13-15-35/h3-7,9,11,16-17,19H,12-15,18,20H2,1-2H3,(H,33,37). The third-order valence-corrected chi connectivity index (χ3v) is 6.70. The van der Waals surface area contributed by atoms with Gasteiger partial charge in [-0.05, 0) is 73.0 Å². The molecule has 0 aliphatic carbocycles. The van der Waals surface area contributed by atoms with Crippen molar-refractivity contribution in [3.63, 3.8) is 0 Å². The van der Waals surface area contributed by atoms with Gasteiger partial charge in [-0.2, -0.15) is 5.10 Å². The van der Waals surface area contributed by atoms with Gasteiger partial charge in [0.15, 0.2) is 5.65 Å². The number of alkyl halides is 1. The molecule has 1 aliphatic heterocycles. The SMILES string of the molecule is Cc1ccc(NC(=O)c2ccc(CN3CCN(C)CC3)c(CF)c2)cc1C#Cc1cnc2cccnn12. The zero-order chi connectivity index (χ0) is 25.8. The maximum Gasteiger partial charge on any atom is 0.255 e. The molecular formula is C29H29FN6O. The van der Waals surface area contributed by atoms with Gasteiger partial charge in [0.1, 0.15) is 12.4 Å². The molecule has 0 unspecified atom stereocenters. The van der Waals surface area contributed by atoms with Gasteiger partial charge in [-0.25, -0.2) is 13.9 Å². The lowest BCUT2D eigenvalue weighted by Crippen LogP contribution is -2.44. The van der Waals surface area contributed by atoms with Crippen LogP contribution >= 0.6 is 0 Å². The minimum atomic E-state index is -0.605. The molecule has 0 bridgehead atoms. The molecule has 5 rings (SSSR count). The van der Waals surface area contributed by atoms with E-state index in [9.17, 15) is 9.18 Å². The molecule has 0 saturated carbocycles. The molecule has 0 atom stereocenters. The normalized spacial score (nSPS) is 14.4. The highest BCUT2D eigenvalue weighted by atomic mass is 19.1. The lowest BCUT2D eigenvalue weighted by molar-refractivity contribution is 0.102. The molecule has 0 spiro atoms. The molecule has 1 aliphatic rings. The molecule has 7 nitrogen and oxygen atoms in total. The van der Waals surface area contributed by atoms with E-state index in [4.69, 9.17) is 0 Å². The Morgan fingerprint density at radius 3 is 2.70 bits per heavy atom. The summed E-state index contributed by atoms with van der Waals surface area (Å²) in [5.41, 5.74) is 5.73. The van der Waals surface area contributed by atoms with Gasteiger partial charge >= 0.3 is 0 Å². The maximum absolute atomic E-state index is 13.9. The number of nitrogens with one attached hydrogen (secondary N) is 1. The topological polar surface area (TPSA) is 65.8 Å². The Morgan fingerprint density at radius 2 is 1.89 bits per heavy atom. The fraction of sp³-hybridized carbons (Fsp3) is 0.276. The summed E-state index contributed by atoms with van der Waals surface area (Å²) in [6.07, 6.45) is 3.38. The van der Waals surface area contributed by atoms with E-state index in [1.807, 2.05) is 43.3 Å². The summed E-state index contributed by atoms with van der Waals surface area (Å²) < 4.78 is 15.6. The Balaban J connectivity index is 1.31. The molecule has 3 heterocycles. The number of rotatable bonds is 5. The third kappa shape index (κ3) is 5.69. The fourth-order valence-electron chi connectivity index (χ4n) is 4.38. The van der Waals surface area contributed by atoms with Crippen molar-refractivity contribution >= 4 is 17.2 Å². The molecule has 1 amide bonds. The van der Waals surface area contributed by atoms with E-state index < -0.39 is 6.67 Å². The predicted octanol–water partition coefficient (Wildman–Crippen LogP) is 3.91. The number of fused-ring (bicyclic) bond motifs is 1. The van der Waals surface area contributed by atoms with E-state index in [1.165, 1.54) is 0 Å². The lowest BCUT2D eigenvalue weighted by Gasteiger charge is -2.32. The Hall–Kier alpha value is -4.06. The summed E-state index contributed by atoms with van der Waals surface area (Å²) >= 11 is 0. The molecule has 8 heteroatoms. The van der Waals surface area contributed by atoms with Crippen LogP contribution in [0, 0.1) is 18.8 Å². The average molecular weight is 497 g/mol. The van der Waals surface area contributed by atoms with Crippen molar-refractivity contribution in [2.75, 3.05) is 38.5 Å². The van der Waals surface area contributed by atoms with Crippen LogP contribution in [-0.2, 0) is 13.2 Å². The number of likely N-dealkylation sites (N-methyl/N-ethyl adjacent to an activating group) is 1. The van der Waals surface area contributed by atoms with Gasteiger partial charge in [0.2, 0.25) is 0 Å². The summed E-state index contributed by atoms with van der Waals surface area (Å²) in [6, 6.07) is 14.6. The fourth-order valence-corrected chi connectivity index (χ4v) is 4.38. The summed E-state index contributed by atoms with van der Waals surface area (Å²) in [7, 11) is 2.11. The smallest absolute Gasteiger partial charge is 0.255 e. The predicted molar refractivity (Wildman–Crippen MR) is 142 cm³/mol. The highest BCUT2D eigenvalue weighted by Crippen LogP contribution is 2.20. The maximum atomic E-state index is 13.9. The first-order valence-electron chi connectivity index (χ1n) is 12.3. The van der Waals surface area contributed by atoms with Crippen LogP contribution in [0.3, 0.4) is 0 Å². The molecular weight excluding hydrogens is 467 g/mol. The van der Waals surface area contributed by atoms with Crippen LogP contribution < -0.4 is 5.32 Å². The first kappa shape index (κ1) is 24.6. The Kier molecular flexibility index (Phi) is 7.26. The number of piperazine rings is 1. The largest absolute Gasteiger partial charge is 0.322 e. The minimum Gasteiger partial charge on any atom is -0.322 e. The molecule has 37 heavy (non-hydrogen) atoms. The summed E-state index contributed by atoms with van der Waals surface area (Å²) in [6.45, 7) is 5.97. The van der Waals surface area contributed by atoms with Crippen LogP contribution in [-0.4, -0.2) is 63.5 Å². The van der Waals surface area contributed by atoms with E-state index in [-0.39, 0.29) is 5.91 Å². The Labute approximate surface area is 215 Å². The van der Waals surface area contributed by atoms with E-state index in [1.54, 1.807) is 29.0 Å². The highest BCUT2D eigenvalue weighted by molar-refractivity contribution is 6.04. The van der Waals surface area contributed by atoms with E-state index >= 15 is 0 Å². The molecule has 2 aromatic carbocycles. The van der Waals surface area contributed by atoms with Crippen molar-refractivity contribution in [2.24, 2.45) is 0 Å². The molecule has 0 radical (unpaired) electrons. The number of hydrogen-bond donors (Lipinski definition) is 1. The second kappa shape index (κ2) is 10.9. The van der Waals surface area contributed by atoms with Gasteiger partial charge < -0.3 is 10.2 Å². The highest BCUT2D eigenvalue weighted by Gasteiger charge is 2.17. The summed E-state index contributed by atoms with van der Waals surface area (Å²) in [5.74, 6) is 6.01. The number of hydrogen-bond acceptors (Lipinski definition) is 5. The van der Waals surface area contributed by atoms with E-state index in [2.05, 4.69) is 44.1 Å². The number of imidazole rings is 1. The van der Waals surface area contributed by atoms with Crippen molar-refractivity contribution in [3.05, 3.63) is 94.4 Å². The van der Waals surface area contributed by atoms with E-state index in [0.717, 1.165) is 48.5 Å². The number of aryl methyl sites for hydroxylation is 1. The van der Waals surface area contributed by atoms with E-state index in [0.29, 0.717) is 29.1 Å². The van der Waals surface area contributed by atoms with Crippen molar-refractivity contribution in [1.29, 1.82) is 0 Å². The van der Waals surface area contributed by atoms with Crippen LogP contribution in [0.15, 0.2) is 60.9 Å². The van der Waals surface area contributed by atoms with Gasteiger partial charge in [0.25, 0.3) is 5.91 Å². The van der Waals surface area contributed by atoms with Crippen LogP contribution in [0.1, 0.15) is 38.3 Å². The number of nitrogens with zero attached hydrogens (tertiary/aromatic N) is 5. The van der Waals surface area contributed by atoms with Gasteiger partial charge in [-0.3, -0.25) is 9.69 Å². The van der Waals surface area contributed by atoms with Gasteiger partial charge in [-0.15, -0.1) is 0 Å². The summed E-state index contributed by atoms with van der Waals surface area (Å²) in [5, 5.41) is 7.22. The number of halogens is 1. The molecule has 1 fully saturated rings. The molecule has 188 valence electrons. The van der Waals surface area contributed by atoms with Crippen LogP contribution in [0.4, 0.5) is 10.1 Å². The number of carbonyl (C=O) groups is 1. The quantitative estimate of drug-likeness (QED) is 0.425. The Morgan fingerprint density at radius 1 is 1.05 bits per heavy atom. The summed E-state index contributed by atoms with van der Waals surface area (Å²) in [4.78, 5) is 21.9. The monoisotopic (exact) mass is 496 g/mol. The molecule has 2 aromatic heterocycles. The molecule has 1 N–H and O–H groups in total. The molecule has 1 saturated heterocycles. The van der Waals surface area contributed by atoms with Gasteiger partial charge in [0.05, 0.1) is 6.20 Å². The number of benzene rings is 2. The average Bonchev–Trinajstić information content (AvgIpc) is 3.33. The number of aromatic nitrogens is 3. The number of carbonyl (C=O) groups excluding carboxylic acids is 1.